The number of hydrogen-bond acceptors (Lipinski definition) is 2. The number of aryl methyl sites for hydroxylation is 1. The predicted octanol–water partition coefficient (Wildman–Crippen LogP) is 3.36. The van der Waals surface area contributed by atoms with Gasteiger partial charge in [0, 0.05) is 13.2 Å². The normalized spacial score (nSPS) is 12.0. The second-order valence-corrected chi connectivity index (χ2v) is 4.87. The Hall–Kier alpha value is -2.23. The Morgan fingerprint density at radius 3 is 2.40 bits per heavy atom. The minimum absolute atomic E-state index is 0.0619. The molecule has 1 unspecified atom stereocenters. The van der Waals surface area contributed by atoms with Crippen molar-refractivity contribution in [2.45, 2.75) is 19.9 Å². The number of halogens is 1. The van der Waals surface area contributed by atoms with E-state index in [1.54, 1.807) is 11.9 Å². The fraction of sp³-hybridized carbons (Fsp3) is 0.250. The van der Waals surface area contributed by atoms with E-state index in [1.807, 2.05) is 38.1 Å². The van der Waals surface area contributed by atoms with Crippen LogP contribution in [0, 0.1) is 12.9 Å². The summed E-state index contributed by atoms with van der Waals surface area (Å²) in [4.78, 5) is 17.4. The first kappa shape index (κ1) is 14.2. The molecule has 3 nitrogen and oxygen atoms in total. The molecule has 0 spiro atoms. The third-order valence-electron chi connectivity index (χ3n) is 3.44. The Kier molecular flexibility index (Phi) is 4.13. The van der Waals surface area contributed by atoms with Crippen molar-refractivity contribution in [3.05, 3.63) is 65.2 Å². The van der Waals surface area contributed by atoms with E-state index in [1.165, 1.54) is 23.9 Å². The van der Waals surface area contributed by atoms with Crippen LogP contribution >= 0.6 is 0 Å². The molecule has 1 aromatic carbocycles. The second kappa shape index (κ2) is 5.82. The molecular formula is C16H17FN2O. The zero-order valence-electron chi connectivity index (χ0n) is 11.8. The number of rotatable bonds is 3. The standard InChI is InChI=1S/C16H17FN2O/c1-11-4-6-13(7-5-11)12(2)19(3)16(20)14-8-9-15(17)18-10-14/h4-10,12H,1-3H3. The molecule has 4 heteroatoms. The van der Waals surface area contributed by atoms with E-state index >= 15 is 0 Å². The minimum atomic E-state index is -0.587. The van der Waals surface area contributed by atoms with E-state index in [-0.39, 0.29) is 11.9 Å². The molecule has 1 amide bonds. The minimum Gasteiger partial charge on any atom is -0.335 e. The van der Waals surface area contributed by atoms with Crippen LogP contribution in [0.1, 0.15) is 34.5 Å². The third kappa shape index (κ3) is 3.02. The smallest absolute Gasteiger partial charge is 0.255 e. The van der Waals surface area contributed by atoms with Gasteiger partial charge < -0.3 is 4.90 Å². The van der Waals surface area contributed by atoms with Crippen molar-refractivity contribution in [3.8, 4) is 0 Å². The van der Waals surface area contributed by atoms with Gasteiger partial charge in [0.2, 0.25) is 5.95 Å². The molecule has 0 radical (unpaired) electrons. The van der Waals surface area contributed by atoms with Gasteiger partial charge in [-0.25, -0.2) is 4.98 Å². The first-order valence-corrected chi connectivity index (χ1v) is 6.44. The van der Waals surface area contributed by atoms with Crippen molar-refractivity contribution in [1.82, 2.24) is 9.88 Å². The highest BCUT2D eigenvalue weighted by molar-refractivity contribution is 5.93. The van der Waals surface area contributed by atoms with Gasteiger partial charge in [0.1, 0.15) is 0 Å². The largest absolute Gasteiger partial charge is 0.335 e. The van der Waals surface area contributed by atoms with E-state index in [0.29, 0.717) is 5.56 Å². The maximum atomic E-state index is 12.8. The highest BCUT2D eigenvalue weighted by Crippen LogP contribution is 2.21. The van der Waals surface area contributed by atoms with Gasteiger partial charge in [-0.15, -0.1) is 0 Å². The Balaban J connectivity index is 2.17. The van der Waals surface area contributed by atoms with Gasteiger partial charge in [-0.3, -0.25) is 4.79 Å². The molecular weight excluding hydrogens is 255 g/mol. The van der Waals surface area contributed by atoms with Gasteiger partial charge in [0.15, 0.2) is 0 Å². The topological polar surface area (TPSA) is 33.2 Å². The van der Waals surface area contributed by atoms with Gasteiger partial charge >= 0.3 is 0 Å². The van der Waals surface area contributed by atoms with Crippen LogP contribution in [0.15, 0.2) is 42.6 Å². The van der Waals surface area contributed by atoms with E-state index in [9.17, 15) is 9.18 Å². The number of aromatic nitrogens is 1. The summed E-state index contributed by atoms with van der Waals surface area (Å²) in [6.45, 7) is 3.98. The van der Waals surface area contributed by atoms with Crippen molar-refractivity contribution < 1.29 is 9.18 Å². The molecule has 0 fully saturated rings. The molecule has 0 bridgehead atoms. The van der Waals surface area contributed by atoms with Crippen LogP contribution in [-0.2, 0) is 0 Å². The zero-order valence-corrected chi connectivity index (χ0v) is 11.8. The molecule has 1 aromatic heterocycles. The van der Waals surface area contributed by atoms with Crippen LogP contribution in [0.4, 0.5) is 4.39 Å². The summed E-state index contributed by atoms with van der Waals surface area (Å²) < 4.78 is 12.8. The summed E-state index contributed by atoms with van der Waals surface area (Å²) in [7, 11) is 1.73. The molecule has 0 saturated heterocycles. The van der Waals surface area contributed by atoms with Gasteiger partial charge in [0.25, 0.3) is 5.91 Å². The monoisotopic (exact) mass is 272 g/mol. The van der Waals surface area contributed by atoms with E-state index in [4.69, 9.17) is 0 Å². The lowest BCUT2D eigenvalue weighted by Crippen LogP contribution is -2.29. The summed E-state index contributed by atoms with van der Waals surface area (Å²) in [6.07, 6.45) is 1.26. The molecule has 0 aliphatic heterocycles. The van der Waals surface area contributed by atoms with Crippen molar-refractivity contribution in [3.63, 3.8) is 0 Å². The SMILES string of the molecule is Cc1ccc(C(C)N(C)C(=O)c2ccc(F)nc2)cc1. The maximum absolute atomic E-state index is 12.8. The number of nitrogens with zero attached hydrogens (tertiary/aromatic N) is 2. The molecule has 1 atom stereocenters. The van der Waals surface area contributed by atoms with Gasteiger partial charge in [-0.05, 0) is 31.5 Å². The van der Waals surface area contributed by atoms with Crippen molar-refractivity contribution in [2.75, 3.05) is 7.05 Å². The van der Waals surface area contributed by atoms with Gasteiger partial charge in [0.05, 0.1) is 11.6 Å². The lowest BCUT2D eigenvalue weighted by molar-refractivity contribution is 0.0742. The van der Waals surface area contributed by atoms with Crippen LogP contribution < -0.4 is 0 Å². The lowest BCUT2D eigenvalue weighted by Gasteiger charge is -2.25. The van der Waals surface area contributed by atoms with E-state index in [0.717, 1.165) is 5.56 Å². The van der Waals surface area contributed by atoms with Gasteiger partial charge in [-0.1, -0.05) is 29.8 Å². The molecule has 2 rings (SSSR count). The highest BCUT2D eigenvalue weighted by Gasteiger charge is 2.19. The van der Waals surface area contributed by atoms with Crippen LogP contribution in [-0.4, -0.2) is 22.8 Å². The fourth-order valence-electron chi connectivity index (χ4n) is 1.95. The molecule has 104 valence electrons. The van der Waals surface area contributed by atoms with Crippen molar-refractivity contribution in [1.29, 1.82) is 0 Å². The van der Waals surface area contributed by atoms with E-state index in [2.05, 4.69) is 4.98 Å². The Labute approximate surface area is 118 Å². The number of carbonyl (C=O) groups is 1. The molecule has 20 heavy (non-hydrogen) atoms. The van der Waals surface area contributed by atoms with E-state index < -0.39 is 5.95 Å². The predicted molar refractivity (Wildman–Crippen MR) is 75.9 cm³/mol. The summed E-state index contributed by atoms with van der Waals surface area (Å²) >= 11 is 0. The summed E-state index contributed by atoms with van der Waals surface area (Å²) in [5.41, 5.74) is 2.62. The number of pyridine rings is 1. The number of amides is 1. The van der Waals surface area contributed by atoms with Crippen LogP contribution in [0.25, 0.3) is 0 Å². The fourth-order valence-corrected chi connectivity index (χ4v) is 1.95. The number of benzene rings is 1. The first-order chi connectivity index (χ1) is 9.49. The average molecular weight is 272 g/mol. The van der Waals surface area contributed by atoms with Crippen molar-refractivity contribution >= 4 is 5.91 Å². The molecule has 1 heterocycles. The summed E-state index contributed by atoms with van der Waals surface area (Å²) in [5, 5.41) is 0. The van der Waals surface area contributed by atoms with Crippen LogP contribution in [0.3, 0.4) is 0 Å². The molecule has 0 N–H and O–H groups in total. The number of carbonyl (C=O) groups excluding carboxylic acids is 1. The summed E-state index contributed by atoms with van der Waals surface area (Å²) in [6, 6.07) is 10.6. The van der Waals surface area contributed by atoms with Crippen LogP contribution in [0.2, 0.25) is 0 Å². The molecule has 0 saturated carbocycles. The Bertz CT molecular complexity index is 593. The molecule has 0 aliphatic carbocycles. The zero-order chi connectivity index (χ0) is 14.7. The third-order valence-corrected chi connectivity index (χ3v) is 3.44. The average Bonchev–Trinajstić information content (AvgIpc) is 2.46. The summed E-state index contributed by atoms with van der Waals surface area (Å²) in [5.74, 6) is -0.763. The molecule has 0 aliphatic rings. The quantitative estimate of drug-likeness (QED) is 0.803. The lowest BCUT2D eigenvalue weighted by atomic mass is 10.0. The van der Waals surface area contributed by atoms with Crippen molar-refractivity contribution in [2.24, 2.45) is 0 Å². The van der Waals surface area contributed by atoms with Crippen LogP contribution in [0.5, 0.6) is 0 Å². The molecule has 2 aromatic rings. The Morgan fingerprint density at radius 1 is 1.20 bits per heavy atom. The Morgan fingerprint density at radius 2 is 1.85 bits per heavy atom. The highest BCUT2D eigenvalue weighted by atomic mass is 19.1. The first-order valence-electron chi connectivity index (χ1n) is 6.44. The number of hydrogen-bond donors (Lipinski definition) is 0. The van der Waals surface area contributed by atoms with Gasteiger partial charge in [-0.2, -0.15) is 4.39 Å². The second-order valence-electron chi connectivity index (χ2n) is 4.87. The maximum Gasteiger partial charge on any atom is 0.255 e.